The van der Waals surface area contributed by atoms with Crippen molar-refractivity contribution >= 4 is 9.84 Å². The first-order valence-electron chi connectivity index (χ1n) is 5.73. The fourth-order valence-corrected chi connectivity index (χ4v) is 2.56. The van der Waals surface area contributed by atoms with Gasteiger partial charge in [-0.05, 0) is 19.3 Å². The molecule has 90 valence electrons. The third-order valence-electron chi connectivity index (χ3n) is 2.73. The van der Waals surface area contributed by atoms with Crippen LogP contribution in [0.4, 0.5) is 0 Å². The third kappa shape index (κ3) is 5.49. The number of hydrogen-bond donors (Lipinski definition) is 1. The van der Waals surface area contributed by atoms with Crippen LogP contribution < -0.4 is 5.48 Å². The van der Waals surface area contributed by atoms with Crippen LogP contribution in [-0.4, -0.2) is 32.6 Å². The van der Waals surface area contributed by atoms with E-state index in [1.54, 1.807) is 6.92 Å². The molecule has 0 amide bonds. The summed E-state index contributed by atoms with van der Waals surface area (Å²) in [6.45, 7) is 2.30. The summed E-state index contributed by atoms with van der Waals surface area (Å²) in [6, 6.07) is 0. The second kappa shape index (κ2) is 6.45. The highest BCUT2D eigenvalue weighted by atomic mass is 32.2. The lowest BCUT2D eigenvalue weighted by Gasteiger charge is -2.11. The zero-order valence-electron chi connectivity index (χ0n) is 9.37. The van der Waals surface area contributed by atoms with Crippen LogP contribution in [0.1, 0.15) is 39.0 Å². The van der Waals surface area contributed by atoms with Gasteiger partial charge in [-0.15, -0.1) is 0 Å². The quantitative estimate of drug-likeness (QED) is 0.533. The molecule has 0 spiro atoms. The lowest BCUT2D eigenvalue weighted by molar-refractivity contribution is -0.0201. The van der Waals surface area contributed by atoms with Crippen molar-refractivity contribution in [1.82, 2.24) is 5.48 Å². The summed E-state index contributed by atoms with van der Waals surface area (Å²) in [6.07, 6.45) is 5.71. The van der Waals surface area contributed by atoms with E-state index in [0.29, 0.717) is 19.1 Å². The molecule has 1 aliphatic rings. The van der Waals surface area contributed by atoms with E-state index in [0.717, 1.165) is 12.8 Å². The summed E-state index contributed by atoms with van der Waals surface area (Å²) in [7, 11) is -2.81. The lowest BCUT2D eigenvalue weighted by Crippen LogP contribution is -2.24. The van der Waals surface area contributed by atoms with Crippen molar-refractivity contribution in [3.63, 3.8) is 0 Å². The van der Waals surface area contributed by atoms with Crippen molar-refractivity contribution in [2.45, 2.75) is 45.1 Å². The molecule has 0 radical (unpaired) electrons. The molecular weight excluding hydrogens is 214 g/mol. The Bertz CT molecular complexity index is 258. The average Bonchev–Trinajstić information content (AvgIpc) is 2.70. The summed E-state index contributed by atoms with van der Waals surface area (Å²) in [4.78, 5) is 5.41. The van der Waals surface area contributed by atoms with Gasteiger partial charge in [-0.2, -0.15) is 0 Å². The maximum Gasteiger partial charge on any atom is 0.150 e. The molecule has 0 aromatic heterocycles. The van der Waals surface area contributed by atoms with Gasteiger partial charge in [0.05, 0.1) is 11.9 Å². The number of nitrogens with one attached hydrogen (secondary N) is 1. The van der Waals surface area contributed by atoms with Crippen molar-refractivity contribution in [2.75, 3.05) is 18.1 Å². The largest absolute Gasteiger partial charge is 0.299 e. The molecule has 15 heavy (non-hydrogen) atoms. The first kappa shape index (κ1) is 12.9. The van der Waals surface area contributed by atoms with Crippen LogP contribution in [0, 0.1) is 0 Å². The van der Waals surface area contributed by atoms with Gasteiger partial charge >= 0.3 is 0 Å². The molecule has 1 rings (SSSR count). The van der Waals surface area contributed by atoms with E-state index in [2.05, 4.69) is 5.48 Å². The molecule has 1 fully saturated rings. The van der Waals surface area contributed by atoms with Crippen LogP contribution in [0.15, 0.2) is 0 Å². The predicted octanol–water partition coefficient (Wildman–Crippen LogP) is 1.27. The Hall–Kier alpha value is -0.130. The normalized spacial score (nSPS) is 18.5. The maximum absolute atomic E-state index is 11.2. The van der Waals surface area contributed by atoms with Crippen molar-refractivity contribution in [2.24, 2.45) is 0 Å². The van der Waals surface area contributed by atoms with Gasteiger partial charge in [0.25, 0.3) is 0 Å². The van der Waals surface area contributed by atoms with Crippen molar-refractivity contribution in [1.29, 1.82) is 0 Å². The smallest absolute Gasteiger partial charge is 0.150 e. The molecular formula is C10H21NO3S. The molecule has 0 aromatic carbocycles. The summed E-state index contributed by atoms with van der Waals surface area (Å²) >= 11 is 0. The molecule has 1 aliphatic carbocycles. The number of sulfone groups is 1. The van der Waals surface area contributed by atoms with Gasteiger partial charge in [0, 0.05) is 12.3 Å². The van der Waals surface area contributed by atoms with Crippen LogP contribution in [-0.2, 0) is 14.7 Å². The Balaban J connectivity index is 1.97. The van der Waals surface area contributed by atoms with E-state index >= 15 is 0 Å². The van der Waals surface area contributed by atoms with Crippen LogP contribution in [0.5, 0.6) is 0 Å². The molecule has 4 nitrogen and oxygen atoms in total. The Morgan fingerprint density at radius 3 is 2.60 bits per heavy atom. The standard InChI is InChI=1S/C10H21NO3S/c1-2-15(12,13)9-5-8-11-14-10-6-3-4-7-10/h10-11H,2-9H2,1H3. The zero-order valence-corrected chi connectivity index (χ0v) is 10.2. The van der Waals surface area contributed by atoms with E-state index in [-0.39, 0.29) is 11.5 Å². The van der Waals surface area contributed by atoms with E-state index in [1.807, 2.05) is 0 Å². The van der Waals surface area contributed by atoms with Crippen LogP contribution in [0.3, 0.4) is 0 Å². The van der Waals surface area contributed by atoms with Gasteiger partial charge in [0.2, 0.25) is 0 Å². The molecule has 1 saturated carbocycles. The SMILES string of the molecule is CCS(=O)(=O)CCCNOC1CCCC1. The van der Waals surface area contributed by atoms with Crippen LogP contribution in [0.2, 0.25) is 0 Å². The minimum atomic E-state index is -2.81. The fraction of sp³-hybridized carbons (Fsp3) is 1.00. The highest BCUT2D eigenvalue weighted by Gasteiger charge is 2.15. The Kier molecular flexibility index (Phi) is 5.56. The molecule has 0 bridgehead atoms. The zero-order chi connectivity index (χ0) is 11.1. The highest BCUT2D eigenvalue weighted by Crippen LogP contribution is 2.19. The fourth-order valence-electron chi connectivity index (χ4n) is 1.69. The van der Waals surface area contributed by atoms with E-state index in [4.69, 9.17) is 4.84 Å². The van der Waals surface area contributed by atoms with E-state index in [1.165, 1.54) is 12.8 Å². The molecule has 0 unspecified atom stereocenters. The second-order valence-corrected chi connectivity index (χ2v) is 6.48. The topological polar surface area (TPSA) is 55.4 Å². The minimum absolute atomic E-state index is 0.233. The maximum atomic E-state index is 11.2. The van der Waals surface area contributed by atoms with E-state index in [9.17, 15) is 8.42 Å². The average molecular weight is 235 g/mol. The number of hydroxylamine groups is 1. The first-order valence-corrected chi connectivity index (χ1v) is 7.55. The monoisotopic (exact) mass is 235 g/mol. The van der Waals surface area contributed by atoms with Crippen molar-refractivity contribution in [3.05, 3.63) is 0 Å². The summed E-state index contributed by atoms with van der Waals surface area (Å²) in [5.74, 6) is 0.487. The molecule has 0 heterocycles. The van der Waals surface area contributed by atoms with Gasteiger partial charge in [0.15, 0.2) is 0 Å². The first-order chi connectivity index (χ1) is 7.14. The van der Waals surface area contributed by atoms with Gasteiger partial charge in [-0.1, -0.05) is 19.8 Å². The molecule has 0 atom stereocenters. The second-order valence-electron chi connectivity index (χ2n) is 4.01. The molecule has 0 aliphatic heterocycles. The Morgan fingerprint density at radius 2 is 2.00 bits per heavy atom. The molecule has 5 heteroatoms. The van der Waals surface area contributed by atoms with Crippen molar-refractivity contribution in [3.8, 4) is 0 Å². The lowest BCUT2D eigenvalue weighted by atomic mass is 10.3. The summed E-state index contributed by atoms with van der Waals surface area (Å²) in [5, 5.41) is 0. The van der Waals surface area contributed by atoms with Crippen LogP contribution >= 0.6 is 0 Å². The number of hydrogen-bond acceptors (Lipinski definition) is 4. The van der Waals surface area contributed by atoms with Gasteiger partial charge < -0.3 is 0 Å². The Morgan fingerprint density at radius 1 is 1.33 bits per heavy atom. The molecule has 0 aromatic rings. The summed E-state index contributed by atoms with van der Waals surface area (Å²) in [5.41, 5.74) is 2.86. The Labute approximate surface area is 92.3 Å². The van der Waals surface area contributed by atoms with Gasteiger partial charge in [-0.3, -0.25) is 4.84 Å². The predicted molar refractivity (Wildman–Crippen MR) is 60.3 cm³/mol. The molecule has 0 saturated heterocycles. The highest BCUT2D eigenvalue weighted by molar-refractivity contribution is 7.91. The minimum Gasteiger partial charge on any atom is -0.299 e. The summed E-state index contributed by atoms with van der Waals surface area (Å²) < 4.78 is 22.3. The number of rotatable bonds is 7. The molecule has 1 N–H and O–H groups in total. The third-order valence-corrected chi connectivity index (χ3v) is 4.52. The van der Waals surface area contributed by atoms with Gasteiger partial charge in [-0.25, -0.2) is 13.9 Å². The van der Waals surface area contributed by atoms with Gasteiger partial charge in [0.1, 0.15) is 9.84 Å². The van der Waals surface area contributed by atoms with Crippen LogP contribution in [0.25, 0.3) is 0 Å². The van der Waals surface area contributed by atoms with Crippen molar-refractivity contribution < 1.29 is 13.3 Å². The van der Waals surface area contributed by atoms with E-state index < -0.39 is 9.84 Å².